The van der Waals surface area contributed by atoms with Gasteiger partial charge in [0.25, 0.3) is 0 Å². The standard InChI is InChI=1S/C16H30N2O4/c1-13(16(20)22-10-8-19)11-17-5-3-15(4-6-17)18-7-9-21-14(2)12-18/h13-15,19H,3-12H2,1-2H3/t13-,14+/m0/s1. The molecule has 0 spiro atoms. The molecule has 6 heteroatoms. The molecule has 0 aromatic carbocycles. The number of nitrogens with zero attached hydrogens (tertiary/aromatic N) is 2. The fraction of sp³-hybridized carbons (Fsp3) is 0.938. The molecule has 2 fully saturated rings. The molecule has 128 valence electrons. The van der Waals surface area contributed by atoms with Crippen LogP contribution in [-0.2, 0) is 14.3 Å². The van der Waals surface area contributed by atoms with Crippen molar-refractivity contribution in [1.82, 2.24) is 9.80 Å². The SMILES string of the molecule is C[C@@H]1CN(C2CCN(C[C@H](C)C(=O)OCCO)CC2)CCO1. The van der Waals surface area contributed by atoms with Crippen LogP contribution in [0.2, 0.25) is 0 Å². The molecule has 6 nitrogen and oxygen atoms in total. The van der Waals surface area contributed by atoms with E-state index in [2.05, 4.69) is 16.7 Å². The number of aliphatic hydroxyl groups excluding tert-OH is 1. The van der Waals surface area contributed by atoms with Gasteiger partial charge in [0, 0.05) is 25.7 Å². The van der Waals surface area contributed by atoms with Crippen LogP contribution in [0, 0.1) is 5.92 Å². The first-order valence-electron chi connectivity index (χ1n) is 8.45. The maximum absolute atomic E-state index is 11.7. The first kappa shape index (κ1) is 17.7. The van der Waals surface area contributed by atoms with Gasteiger partial charge in [-0.05, 0) is 32.9 Å². The minimum Gasteiger partial charge on any atom is -0.463 e. The van der Waals surface area contributed by atoms with Gasteiger partial charge >= 0.3 is 5.97 Å². The number of morpholine rings is 1. The summed E-state index contributed by atoms with van der Waals surface area (Å²) in [5, 5.41) is 8.69. The van der Waals surface area contributed by atoms with Crippen LogP contribution in [0.5, 0.6) is 0 Å². The van der Waals surface area contributed by atoms with Crippen molar-refractivity contribution in [3.05, 3.63) is 0 Å². The summed E-state index contributed by atoms with van der Waals surface area (Å²) < 4.78 is 10.6. The summed E-state index contributed by atoms with van der Waals surface area (Å²) in [6.07, 6.45) is 2.66. The molecule has 2 atom stereocenters. The highest BCUT2D eigenvalue weighted by molar-refractivity contribution is 5.72. The minimum atomic E-state index is -0.210. The molecule has 2 heterocycles. The van der Waals surface area contributed by atoms with Crippen molar-refractivity contribution in [3.63, 3.8) is 0 Å². The van der Waals surface area contributed by atoms with E-state index in [1.165, 1.54) is 0 Å². The highest BCUT2D eigenvalue weighted by Gasteiger charge is 2.29. The van der Waals surface area contributed by atoms with Gasteiger partial charge in [0.1, 0.15) is 6.61 Å². The molecule has 2 aliphatic rings. The third kappa shape index (κ3) is 5.19. The number of aliphatic hydroxyl groups is 1. The highest BCUT2D eigenvalue weighted by atomic mass is 16.5. The van der Waals surface area contributed by atoms with Crippen LogP contribution in [0.3, 0.4) is 0 Å². The third-order valence-corrected chi connectivity index (χ3v) is 4.62. The lowest BCUT2D eigenvalue weighted by Gasteiger charge is -2.42. The number of hydrogen-bond donors (Lipinski definition) is 1. The Kier molecular flexibility index (Phi) is 7.08. The second-order valence-electron chi connectivity index (χ2n) is 6.50. The molecule has 0 unspecified atom stereocenters. The van der Waals surface area contributed by atoms with E-state index >= 15 is 0 Å². The Labute approximate surface area is 133 Å². The maximum Gasteiger partial charge on any atom is 0.310 e. The Bertz CT molecular complexity index is 345. The normalized spacial score (nSPS) is 26.8. The van der Waals surface area contributed by atoms with E-state index in [9.17, 15) is 4.79 Å². The van der Waals surface area contributed by atoms with Crippen molar-refractivity contribution < 1.29 is 19.4 Å². The summed E-state index contributed by atoms with van der Waals surface area (Å²) in [6.45, 7) is 9.76. The van der Waals surface area contributed by atoms with Gasteiger partial charge < -0.3 is 19.5 Å². The molecule has 2 rings (SSSR count). The molecule has 0 radical (unpaired) electrons. The number of likely N-dealkylation sites (tertiary alicyclic amines) is 1. The van der Waals surface area contributed by atoms with Crippen LogP contribution >= 0.6 is 0 Å². The summed E-state index contributed by atoms with van der Waals surface area (Å²) in [4.78, 5) is 16.7. The number of hydrogen-bond acceptors (Lipinski definition) is 6. The molecule has 2 aliphatic heterocycles. The predicted octanol–water partition coefficient (Wildman–Crippen LogP) is 0.343. The highest BCUT2D eigenvalue weighted by Crippen LogP contribution is 2.20. The van der Waals surface area contributed by atoms with Gasteiger partial charge in [-0.15, -0.1) is 0 Å². The van der Waals surface area contributed by atoms with E-state index in [0.717, 1.165) is 52.2 Å². The molecule has 0 aliphatic carbocycles. The van der Waals surface area contributed by atoms with Crippen LogP contribution in [0.15, 0.2) is 0 Å². The van der Waals surface area contributed by atoms with Gasteiger partial charge in [0.2, 0.25) is 0 Å². The van der Waals surface area contributed by atoms with Crippen molar-refractivity contribution in [2.24, 2.45) is 5.92 Å². The molecule has 22 heavy (non-hydrogen) atoms. The van der Waals surface area contributed by atoms with E-state index in [1.807, 2.05) is 6.92 Å². The lowest BCUT2D eigenvalue weighted by Crippen LogP contribution is -2.51. The lowest BCUT2D eigenvalue weighted by atomic mass is 10.0. The fourth-order valence-corrected chi connectivity index (χ4v) is 3.39. The number of carbonyl (C=O) groups is 1. The molecule has 1 N–H and O–H groups in total. The zero-order chi connectivity index (χ0) is 15.9. The molecular weight excluding hydrogens is 284 g/mol. The average Bonchev–Trinajstić information content (AvgIpc) is 2.53. The van der Waals surface area contributed by atoms with E-state index in [-0.39, 0.29) is 25.1 Å². The van der Waals surface area contributed by atoms with Crippen LogP contribution in [-0.4, -0.2) is 85.6 Å². The summed E-state index contributed by atoms with van der Waals surface area (Å²) >= 11 is 0. The van der Waals surface area contributed by atoms with Crippen LogP contribution < -0.4 is 0 Å². The maximum atomic E-state index is 11.7. The Morgan fingerprint density at radius 3 is 2.73 bits per heavy atom. The van der Waals surface area contributed by atoms with Gasteiger partial charge in [-0.25, -0.2) is 0 Å². The van der Waals surface area contributed by atoms with Crippen molar-refractivity contribution in [2.45, 2.75) is 38.8 Å². The van der Waals surface area contributed by atoms with Crippen molar-refractivity contribution >= 4 is 5.97 Å². The van der Waals surface area contributed by atoms with E-state index in [0.29, 0.717) is 12.1 Å². The number of carbonyl (C=O) groups excluding carboxylic acids is 1. The summed E-state index contributed by atoms with van der Waals surface area (Å²) in [5.41, 5.74) is 0. The molecular formula is C16H30N2O4. The van der Waals surface area contributed by atoms with Crippen LogP contribution in [0.4, 0.5) is 0 Å². The average molecular weight is 314 g/mol. The second-order valence-corrected chi connectivity index (χ2v) is 6.50. The van der Waals surface area contributed by atoms with Crippen LogP contribution in [0.1, 0.15) is 26.7 Å². The molecule has 0 saturated carbocycles. The fourth-order valence-electron chi connectivity index (χ4n) is 3.39. The van der Waals surface area contributed by atoms with Gasteiger partial charge in [-0.2, -0.15) is 0 Å². The first-order chi connectivity index (χ1) is 10.6. The zero-order valence-corrected chi connectivity index (χ0v) is 13.9. The molecule has 0 aromatic rings. The van der Waals surface area contributed by atoms with Crippen molar-refractivity contribution in [1.29, 1.82) is 0 Å². The van der Waals surface area contributed by atoms with Gasteiger partial charge in [-0.1, -0.05) is 6.92 Å². The monoisotopic (exact) mass is 314 g/mol. The Morgan fingerprint density at radius 2 is 2.09 bits per heavy atom. The molecule has 0 bridgehead atoms. The van der Waals surface area contributed by atoms with Crippen molar-refractivity contribution in [2.75, 3.05) is 52.5 Å². The van der Waals surface area contributed by atoms with E-state index in [1.54, 1.807) is 0 Å². The van der Waals surface area contributed by atoms with Gasteiger partial charge in [0.05, 0.1) is 25.2 Å². The number of piperidine rings is 1. The Balaban J connectivity index is 1.69. The topological polar surface area (TPSA) is 62.2 Å². The molecule has 0 amide bonds. The Morgan fingerprint density at radius 1 is 1.36 bits per heavy atom. The molecule has 2 saturated heterocycles. The summed E-state index contributed by atoms with van der Waals surface area (Å²) in [6, 6.07) is 0.652. The van der Waals surface area contributed by atoms with E-state index in [4.69, 9.17) is 14.6 Å². The number of ether oxygens (including phenoxy) is 2. The smallest absolute Gasteiger partial charge is 0.310 e. The number of esters is 1. The Hall–Kier alpha value is -0.690. The molecule has 0 aromatic heterocycles. The number of rotatable bonds is 6. The third-order valence-electron chi connectivity index (χ3n) is 4.62. The second kappa shape index (κ2) is 8.82. The largest absolute Gasteiger partial charge is 0.463 e. The van der Waals surface area contributed by atoms with Gasteiger partial charge in [0.15, 0.2) is 0 Å². The van der Waals surface area contributed by atoms with Crippen LogP contribution in [0.25, 0.3) is 0 Å². The van der Waals surface area contributed by atoms with Crippen molar-refractivity contribution in [3.8, 4) is 0 Å². The first-order valence-corrected chi connectivity index (χ1v) is 8.45. The minimum absolute atomic E-state index is 0.0977. The summed E-state index contributed by atoms with van der Waals surface area (Å²) in [7, 11) is 0. The van der Waals surface area contributed by atoms with E-state index < -0.39 is 0 Å². The summed E-state index contributed by atoms with van der Waals surface area (Å²) in [5.74, 6) is -0.343. The lowest BCUT2D eigenvalue weighted by molar-refractivity contribution is -0.149. The quantitative estimate of drug-likeness (QED) is 0.714. The zero-order valence-electron chi connectivity index (χ0n) is 13.9. The van der Waals surface area contributed by atoms with Gasteiger partial charge in [-0.3, -0.25) is 9.69 Å². The predicted molar refractivity (Wildman–Crippen MR) is 83.7 cm³/mol.